The molecule has 2 fully saturated rings. The molecule has 18 heavy (non-hydrogen) atoms. The summed E-state index contributed by atoms with van der Waals surface area (Å²) < 4.78 is 5.39. The summed E-state index contributed by atoms with van der Waals surface area (Å²) in [6.07, 6.45) is 3.71. The monoisotopic (exact) mass is 255 g/mol. The van der Waals surface area contributed by atoms with E-state index in [1.807, 2.05) is 0 Å². The van der Waals surface area contributed by atoms with E-state index in [0.717, 1.165) is 32.2 Å². The van der Waals surface area contributed by atoms with Crippen molar-refractivity contribution in [3.63, 3.8) is 0 Å². The van der Waals surface area contributed by atoms with Crippen LogP contribution in [0.4, 0.5) is 0 Å². The van der Waals surface area contributed by atoms with E-state index >= 15 is 0 Å². The normalized spacial score (nSPS) is 35.0. The van der Waals surface area contributed by atoms with Gasteiger partial charge >= 0.3 is 0 Å². The summed E-state index contributed by atoms with van der Waals surface area (Å²) in [5.41, 5.74) is 6.32. The summed E-state index contributed by atoms with van der Waals surface area (Å²) in [6, 6.07) is 1.38. The summed E-state index contributed by atoms with van der Waals surface area (Å²) >= 11 is 0. The Labute approximate surface area is 111 Å². The smallest absolute Gasteiger partial charge is 0.0594 e. The topological polar surface area (TPSA) is 50.5 Å². The molecule has 2 aliphatic rings. The van der Waals surface area contributed by atoms with Crippen LogP contribution in [0.2, 0.25) is 0 Å². The second kappa shape index (κ2) is 6.85. The standard InChI is InChI=1S/C14H29N3O/c1-11(2)16-14-4-3-12(9-13(14)15)10-17-5-7-18-8-6-17/h11-14,16H,3-10,15H2,1-2H3. The van der Waals surface area contributed by atoms with Crippen LogP contribution in [-0.2, 0) is 4.74 Å². The molecular formula is C14H29N3O. The van der Waals surface area contributed by atoms with Gasteiger partial charge in [-0.3, -0.25) is 4.90 Å². The Hall–Kier alpha value is -0.160. The van der Waals surface area contributed by atoms with Gasteiger partial charge in [0.25, 0.3) is 0 Å². The molecule has 1 saturated carbocycles. The molecular weight excluding hydrogens is 226 g/mol. The van der Waals surface area contributed by atoms with Crippen molar-refractivity contribution in [2.24, 2.45) is 11.7 Å². The second-order valence-corrected chi connectivity index (χ2v) is 6.18. The van der Waals surface area contributed by atoms with Crippen LogP contribution in [0.1, 0.15) is 33.1 Å². The van der Waals surface area contributed by atoms with Crippen molar-refractivity contribution in [2.45, 2.75) is 51.2 Å². The maximum atomic E-state index is 6.32. The van der Waals surface area contributed by atoms with E-state index in [1.165, 1.54) is 25.8 Å². The molecule has 0 bridgehead atoms. The molecule has 1 heterocycles. The zero-order chi connectivity index (χ0) is 13.0. The van der Waals surface area contributed by atoms with E-state index in [1.54, 1.807) is 0 Å². The van der Waals surface area contributed by atoms with Gasteiger partial charge in [-0.05, 0) is 25.2 Å². The molecule has 0 radical (unpaired) electrons. The first-order valence-electron chi connectivity index (χ1n) is 7.47. The van der Waals surface area contributed by atoms with Crippen LogP contribution in [0.3, 0.4) is 0 Å². The van der Waals surface area contributed by atoms with Gasteiger partial charge < -0.3 is 15.8 Å². The first kappa shape index (κ1) is 14.3. The molecule has 1 aliphatic carbocycles. The first-order chi connectivity index (χ1) is 8.65. The van der Waals surface area contributed by atoms with Crippen molar-refractivity contribution >= 4 is 0 Å². The summed E-state index contributed by atoms with van der Waals surface area (Å²) in [4.78, 5) is 2.54. The van der Waals surface area contributed by atoms with Crippen molar-refractivity contribution in [3.05, 3.63) is 0 Å². The summed E-state index contributed by atoms with van der Waals surface area (Å²) in [5, 5.41) is 3.60. The molecule has 4 nitrogen and oxygen atoms in total. The fourth-order valence-corrected chi connectivity index (χ4v) is 3.25. The zero-order valence-electron chi connectivity index (χ0n) is 11.9. The molecule has 3 N–H and O–H groups in total. The number of hydrogen-bond donors (Lipinski definition) is 2. The lowest BCUT2D eigenvalue weighted by atomic mass is 9.82. The maximum Gasteiger partial charge on any atom is 0.0594 e. The molecule has 1 saturated heterocycles. The SMILES string of the molecule is CC(C)NC1CCC(CN2CCOCC2)CC1N. The van der Waals surface area contributed by atoms with Crippen molar-refractivity contribution in [2.75, 3.05) is 32.8 Å². The van der Waals surface area contributed by atoms with Crippen LogP contribution >= 0.6 is 0 Å². The Balaban J connectivity index is 1.73. The molecule has 3 atom stereocenters. The van der Waals surface area contributed by atoms with Gasteiger partial charge in [-0.15, -0.1) is 0 Å². The Morgan fingerprint density at radius 2 is 2.00 bits per heavy atom. The number of rotatable bonds is 4. The first-order valence-corrected chi connectivity index (χ1v) is 7.47. The highest BCUT2D eigenvalue weighted by molar-refractivity contribution is 4.89. The molecule has 1 aliphatic heterocycles. The number of nitrogens with zero attached hydrogens (tertiary/aromatic N) is 1. The van der Waals surface area contributed by atoms with E-state index in [2.05, 4.69) is 24.1 Å². The van der Waals surface area contributed by atoms with Crippen molar-refractivity contribution < 1.29 is 4.74 Å². The minimum absolute atomic E-state index is 0.326. The van der Waals surface area contributed by atoms with Crippen LogP contribution in [-0.4, -0.2) is 55.9 Å². The predicted molar refractivity (Wildman–Crippen MR) is 74.6 cm³/mol. The van der Waals surface area contributed by atoms with Gasteiger partial charge in [0.15, 0.2) is 0 Å². The van der Waals surface area contributed by atoms with E-state index in [9.17, 15) is 0 Å². The van der Waals surface area contributed by atoms with Gasteiger partial charge in [-0.25, -0.2) is 0 Å². The lowest BCUT2D eigenvalue weighted by Gasteiger charge is -2.38. The molecule has 106 valence electrons. The summed E-state index contributed by atoms with van der Waals surface area (Å²) in [7, 11) is 0. The van der Waals surface area contributed by atoms with Crippen LogP contribution < -0.4 is 11.1 Å². The van der Waals surface area contributed by atoms with Gasteiger partial charge in [0, 0.05) is 37.8 Å². The van der Waals surface area contributed by atoms with Crippen LogP contribution in [0, 0.1) is 5.92 Å². The molecule has 4 heteroatoms. The van der Waals surface area contributed by atoms with E-state index in [0.29, 0.717) is 18.1 Å². The van der Waals surface area contributed by atoms with Crippen LogP contribution in [0.15, 0.2) is 0 Å². The lowest BCUT2D eigenvalue weighted by molar-refractivity contribution is 0.0261. The zero-order valence-corrected chi connectivity index (χ0v) is 11.9. The summed E-state index contributed by atoms with van der Waals surface area (Å²) in [5.74, 6) is 0.781. The molecule has 0 amide bonds. The molecule has 0 aromatic carbocycles. The van der Waals surface area contributed by atoms with Gasteiger partial charge in [-0.2, -0.15) is 0 Å². The molecule has 3 unspecified atom stereocenters. The predicted octanol–water partition coefficient (Wildman–Crippen LogP) is 0.813. The highest BCUT2D eigenvalue weighted by Gasteiger charge is 2.29. The maximum absolute atomic E-state index is 6.32. The van der Waals surface area contributed by atoms with Crippen molar-refractivity contribution in [1.29, 1.82) is 0 Å². The largest absolute Gasteiger partial charge is 0.379 e. The second-order valence-electron chi connectivity index (χ2n) is 6.18. The Kier molecular flexibility index (Phi) is 5.42. The van der Waals surface area contributed by atoms with Crippen LogP contribution in [0.5, 0.6) is 0 Å². The molecule has 0 spiro atoms. The number of ether oxygens (including phenoxy) is 1. The molecule has 2 rings (SSSR count). The van der Waals surface area contributed by atoms with Gasteiger partial charge in [0.2, 0.25) is 0 Å². The van der Waals surface area contributed by atoms with Crippen molar-refractivity contribution in [1.82, 2.24) is 10.2 Å². The fraction of sp³-hybridized carbons (Fsp3) is 1.00. The van der Waals surface area contributed by atoms with Gasteiger partial charge in [0.1, 0.15) is 0 Å². The van der Waals surface area contributed by atoms with Crippen molar-refractivity contribution in [3.8, 4) is 0 Å². The van der Waals surface area contributed by atoms with Gasteiger partial charge in [-0.1, -0.05) is 13.8 Å². The Bertz CT molecular complexity index is 241. The van der Waals surface area contributed by atoms with E-state index in [-0.39, 0.29) is 0 Å². The third-order valence-electron chi connectivity index (χ3n) is 4.18. The van der Waals surface area contributed by atoms with E-state index < -0.39 is 0 Å². The highest BCUT2D eigenvalue weighted by atomic mass is 16.5. The number of morpholine rings is 1. The minimum Gasteiger partial charge on any atom is -0.379 e. The number of hydrogen-bond acceptors (Lipinski definition) is 4. The molecule has 0 aromatic heterocycles. The third-order valence-corrected chi connectivity index (χ3v) is 4.18. The third kappa shape index (κ3) is 4.19. The average molecular weight is 255 g/mol. The van der Waals surface area contributed by atoms with E-state index in [4.69, 9.17) is 10.5 Å². The Morgan fingerprint density at radius 3 is 2.61 bits per heavy atom. The Morgan fingerprint density at radius 1 is 1.28 bits per heavy atom. The number of nitrogens with two attached hydrogens (primary N) is 1. The molecule has 0 aromatic rings. The quantitative estimate of drug-likeness (QED) is 0.781. The van der Waals surface area contributed by atoms with Crippen LogP contribution in [0.25, 0.3) is 0 Å². The minimum atomic E-state index is 0.326. The highest BCUT2D eigenvalue weighted by Crippen LogP contribution is 2.25. The van der Waals surface area contributed by atoms with Gasteiger partial charge in [0.05, 0.1) is 13.2 Å². The lowest BCUT2D eigenvalue weighted by Crippen LogP contribution is -2.52. The fourth-order valence-electron chi connectivity index (χ4n) is 3.25. The number of nitrogens with one attached hydrogen (secondary N) is 1. The average Bonchev–Trinajstić information content (AvgIpc) is 2.33. The summed E-state index contributed by atoms with van der Waals surface area (Å²) in [6.45, 7) is 9.61.